The van der Waals surface area contributed by atoms with Crippen molar-refractivity contribution in [1.82, 2.24) is 25.6 Å². The molecule has 0 spiro atoms. The van der Waals surface area contributed by atoms with E-state index in [0.717, 1.165) is 53.4 Å². The third-order valence-corrected chi connectivity index (χ3v) is 7.63. The minimum absolute atomic E-state index is 0.0784. The summed E-state index contributed by atoms with van der Waals surface area (Å²) < 4.78 is 5.39. The van der Waals surface area contributed by atoms with Gasteiger partial charge in [0.15, 0.2) is 0 Å². The van der Waals surface area contributed by atoms with Crippen LogP contribution in [0.5, 0.6) is 0 Å². The molecule has 200 valence electrons. The Kier molecular flexibility index (Phi) is 8.85. The van der Waals surface area contributed by atoms with E-state index in [1.165, 1.54) is 17.6 Å². The third kappa shape index (κ3) is 7.23. The number of carbonyl (C=O) groups is 1. The van der Waals surface area contributed by atoms with Crippen LogP contribution in [0.25, 0.3) is 11.3 Å². The van der Waals surface area contributed by atoms with Gasteiger partial charge in [-0.05, 0) is 43.0 Å². The van der Waals surface area contributed by atoms with Gasteiger partial charge < -0.3 is 26.1 Å². The Bertz CT molecular complexity index is 1310. The number of hydrogen-bond acceptors (Lipinski definition) is 9. The summed E-state index contributed by atoms with van der Waals surface area (Å²) in [7, 11) is 0. The Morgan fingerprint density at radius 1 is 1.21 bits per heavy atom. The zero-order valence-corrected chi connectivity index (χ0v) is 23.1. The molecule has 0 radical (unpaired) electrons. The second-order valence-electron chi connectivity index (χ2n) is 10.3. The highest BCUT2D eigenvalue weighted by molar-refractivity contribution is 7.13. The van der Waals surface area contributed by atoms with Gasteiger partial charge in [-0.25, -0.2) is 15.0 Å². The summed E-state index contributed by atoms with van der Waals surface area (Å²) in [6.07, 6.45) is 8.26. The maximum Gasteiger partial charge on any atom is 0.263 e. The van der Waals surface area contributed by atoms with Crippen LogP contribution in [-0.4, -0.2) is 46.3 Å². The first-order valence-electron chi connectivity index (χ1n) is 12.7. The number of aromatic nitrogens is 3. The monoisotopic (exact) mass is 533 g/mol. The molecule has 1 aliphatic heterocycles. The van der Waals surface area contributed by atoms with E-state index in [9.17, 15) is 4.79 Å². The van der Waals surface area contributed by atoms with Crippen LogP contribution < -0.4 is 16.0 Å². The van der Waals surface area contributed by atoms with E-state index < -0.39 is 0 Å². The number of ether oxygens (including phenoxy) is 1. The first-order valence-corrected chi connectivity index (χ1v) is 13.5. The SMILES string of the molecule is Cc1cc(-c2ccnc(N/C(C=N)=C/NC3CCOCC3)n2)ccc1CNC(=O)c1cnc(C(C)(C)C)s1. The van der Waals surface area contributed by atoms with Crippen molar-refractivity contribution in [3.05, 3.63) is 69.6 Å². The van der Waals surface area contributed by atoms with Gasteiger partial charge in [-0.3, -0.25) is 4.79 Å². The molecule has 1 saturated heterocycles. The van der Waals surface area contributed by atoms with E-state index in [1.807, 2.05) is 25.1 Å². The second kappa shape index (κ2) is 12.3. The molecular weight excluding hydrogens is 498 g/mol. The molecule has 0 atom stereocenters. The van der Waals surface area contributed by atoms with Crippen molar-refractivity contribution >= 4 is 29.4 Å². The molecule has 3 aromatic rings. The molecule has 9 nitrogen and oxygen atoms in total. The van der Waals surface area contributed by atoms with E-state index in [1.54, 1.807) is 18.6 Å². The Morgan fingerprint density at radius 2 is 2.00 bits per heavy atom. The molecule has 1 amide bonds. The van der Waals surface area contributed by atoms with Gasteiger partial charge in [0.25, 0.3) is 5.91 Å². The Hall–Kier alpha value is -3.63. The Balaban J connectivity index is 1.39. The molecule has 0 bridgehead atoms. The van der Waals surface area contributed by atoms with Crippen LogP contribution >= 0.6 is 11.3 Å². The van der Waals surface area contributed by atoms with Gasteiger partial charge in [-0.15, -0.1) is 11.3 Å². The molecule has 38 heavy (non-hydrogen) atoms. The number of anilines is 1. The van der Waals surface area contributed by atoms with Crippen molar-refractivity contribution in [3.8, 4) is 11.3 Å². The van der Waals surface area contributed by atoms with E-state index in [2.05, 4.69) is 57.7 Å². The van der Waals surface area contributed by atoms with E-state index >= 15 is 0 Å². The number of carbonyl (C=O) groups excluding carboxylic acids is 1. The molecule has 0 saturated carbocycles. The molecule has 1 aliphatic rings. The fourth-order valence-corrected chi connectivity index (χ4v) is 4.83. The molecule has 2 aromatic heterocycles. The topological polar surface area (TPSA) is 125 Å². The maximum atomic E-state index is 12.6. The van der Waals surface area contributed by atoms with Crippen LogP contribution in [0, 0.1) is 12.3 Å². The van der Waals surface area contributed by atoms with Crippen LogP contribution in [0.1, 0.15) is 59.4 Å². The normalized spacial score (nSPS) is 14.7. The number of rotatable bonds is 9. The molecule has 1 aromatic carbocycles. The Morgan fingerprint density at radius 3 is 2.68 bits per heavy atom. The number of allylic oxidation sites excluding steroid dienone is 1. The number of thiazole rings is 1. The summed E-state index contributed by atoms with van der Waals surface area (Å²) in [6.45, 7) is 10.2. The summed E-state index contributed by atoms with van der Waals surface area (Å²) in [5, 5.41) is 18.2. The summed E-state index contributed by atoms with van der Waals surface area (Å²) in [5.74, 6) is 0.300. The first kappa shape index (κ1) is 27.4. The largest absolute Gasteiger partial charge is 0.386 e. The van der Waals surface area contributed by atoms with Gasteiger partial charge in [-0.2, -0.15) is 0 Å². The Labute approximate surface area is 227 Å². The number of nitrogens with zero attached hydrogens (tertiary/aromatic N) is 3. The average Bonchev–Trinajstić information content (AvgIpc) is 3.42. The standard InChI is InChI=1S/C28H35N7O2S/c1-18-13-19(5-6-20(18)15-32-25(36)24-17-33-26(38-24)28(2,3)4)23-7-10-30-27(35-23)34-22(14-29)16-31-21-8-11-37-12-9-21/h5-7,10,13-14,16-17,21,29,31H,8-9,11-12,15H2,1-4H3,(H,32,36)(H,30,34,35)/b22-16+,29-14?. The zero-order chi connectivity index (χ0) is 27.1. The number of hydrogen-bond donors (Lipinski definition) is 4. The zero-order valence-electron chi connectivity index (χ0n) is 22.3. The molecule has 0 unspecified atom stereocenters. The molecule has 1 fully saturated rings. The van der Waals surface area contributed by atoms with Gasteiger partial charge in [0.2, 0.25) is 5.95 Å². The minimum Gasteiger partial charge on any atom is -0.386 e. The van der Waals surface area contributed by atoms with Gasteiger partial charge in [0.1, 0.15) is 4.88 Å². The number of aryl methyl sites for hydroxylation is 1. The van der Waals surface area contributed by atoms with Crippen LogP contribution in [0.15, 0.2) is 48.6 Å². The van der Waals surface area contributed by atoms with Crippen LogP contribution in [0.2, 0.25) is 0 Å². The predicted molar refractivity (Wildman–Crippen MR) is 152 cm³/mol. The fraction of sp³-hybridized carbons (Fsp3) is 0.393. The van der Waals surface area contributed by atoms with Crippen molar-refractivity contribution in [2.75, 3.05) is 18.5 Å². The van der Waals surface area contributed by atoms with E-state index in [0.29, 0.717) is 29.1 Å². The summed E-state index contributed by atoms with van der Waals surface area (Å²) >= 11 is 1.43. The first-order chi connectivity index (χ1) is 18.2. The van der Waals surface area contributed by atoms with Crippen molar-refractivity contribution in [1.29, 1.82) is 5.41 Å². The van der Waals surface area contributed by atoms with E-state index in [-0.39, 0.29) is 11.3 Å². The lowest BCUT2D eigenvalue weighted by Gasteiger charge is -2.22. The predicted octanol–water partition coefficient (Wildman–Crippen LogP) is 4.81. The van der Waals surface area contributed by atoms with Crippen LogP contribution in [0.3, 0.4) is 0 Å². The lowest BCUT2D eigenvalue weighted by molar-refractivity contribution is 0.0812. The fourth-order valence-electron chi connectivity index (χ4n) is 3.94. The lowest BCUT2D eigenvalue weighted by atomic mass is 9.98. The minimum atomic E-state index is -0.116. The van der Waals surface area contributed by atoms with Gasteiger partial charge in [-0.1, -0.05) is 32.9 Å². The van der Waals surface area contributed by atoms with Gasteiger partial charge in [0, 0.05) is 55.4 Å². The second-order valence-corrected chi connectivity index (χ2v) is 11.3. The summed E-state index contributed by atoms with van der Waals surface area (Å²) in [4.78, 5) is 26.6. The highest BCUT2D eigenvalue weighted by Crippen LogP contribution is 2.27. The van der Waals surface area contributed by atoms with Gasteiger partial charge >= 0.3 is 0 Å². The van der Waals surface area contributed by atoms with Gasteiger partial charge in [0.05, 0.1) is 22.6 Å². The van der Waals surface area contributed by atoms with Crippen molar-refractivity contribution in [2.24, 2.45) is 0 Å². The molecular formula is C28H35N7O2S. The number of benzene rings is 1. The summed E-state index contributed by atoms with van der Waals surface area (Å²) in [6, 6.07) is 8.24. The molecule has 4 N–H and O–H groups in total. The third-order valence-electron chi connectivity index (χ3n) is 6.21. The smallest absolute Gasteiger partial charge is 0.263 e. The highest BCUT2D eigenvalue weighted by Gasteiger charge is 2.20. The lowest BCUT2D eigenvalue weighted by Crippen LogP contribution is -2.32. The average molecular weight is 534 g/mol. The van der Waals surface area contributed by atoms with Crippen molar-refractivity contribution in [2.45, 2.75) is 58.5 Å². The van der Waals surface area contributed by atoms with Crippen molar-refractivity contribution in [3.63, 3.8) is 0 Å². The molecule has 0 aliphatic carbocycles. The van der Waals surface area contributed by atoms with E-state index in [4.69, 9.17) is 10.1 Å². The molecule has 4 rings (SSSR count). The molecule has 3 heterocycles. The number of nitrogens with one attached hydrogen (secondary N) is 4. The molecule has 10 heteroatoms. The highest BCUT2D eigenvalue weighted by atomic mass is 32.1. The van der Waals surface area contributed by atoms with Crippen LogP contribution in [-0.2, 0) is 16.7 Å². The van der Waals surface area contributed by atoms with Crippen molar-refractivity contribution < 1.29 is 9.53 Å². The number of amides is 1. The maximum absolute atomic E-state index is 12.6. The summed E-state index contributed by atoms with van der Waals surface area (Å²) in [5.41, 5.74) is 4.29. The van der Waals surface area contributed by atoms with Crippen LogP contribution in [0.4, 0.5) is 5.95 Å². The quantitative estimate of drug-likeness (QED) is 0.291.